The van der Waals surface area contributed by atoms with Gasteiger partial charge in [0.1, 0.15) is 5.75 Å². The first kappa shape index (κ1) is 23.0. The molecule has 1 fully saturated rings. The van der Waals surface area contributed by atoms with E-state index >= 15 is 0 Å². The number of hydrogen-bond donors (Lipinski definition) is 0. The molecular formula is C26H17ClFN3O3S. The monoisotopic (exact) mass is 505 g/mol. The molecule has 1 aliphatic rings. The van der Waals surface area contributed by atoms with E-state index in [1.54, 1.807) is 12.1 Å². The number of amides is 2. The van der Waals surface area contributed by atoms with E-state index in [-0.39, 0.29) is 33.6 Å². The third-order valence-electron chi connectivity index (χ3n) is 5.43. The fraction of sp³-hybridized carbons (Fsp3) is 0.0769. The predicted octanol–water partition coefficient (Wildman–Crippen LogP) is 6.76. The zero-order valence-electron chi connectivity index (χ0n) is 18.4. The van der Waals surface area contributed by atoms with Crippen LogP contribution in [-0.4, -0.2) is 26.0 Å². The SMILES string of the molecule is Cc1ccc(CN2C(=O)S/C(=C/c3c(Oc4nc(Cl)ncc4F)ccc4ccccc34)C2=O)cc1. The van der Waals surface area contributed by atoms with Gasteiger partial charge in [0.25, 0.3) is 17.0 Å². The predicted molar refractivity (Wildman–Crippen MR) is 134 cm³/mol. The average molecular weight is 506 g/mol. The number of imide groups is 1. The van der Waals surface area contributed by atoms with E-state index in [1.807, 2.05) is 61.5 Å². The van der Waals surface area contributed by atoms with Crippen molar-refractivity contribution in [1.29, 1.82) is 0 Å². The summed E-state index contributed by atoms with van der Waals surface area (Å²) in [6.45, 7) is 2.14. The van der Waals surface area contributed by atoms with Crippen molar-refractivity contribution < 1.29 is 18.7 Å². The number of ether oxygens (including phenoxy) is 1. The van der Waals surface area contributed by atoms with Crippen molar-refractivity contribution in [3.8, 4) is 11.6 Å². The minimum absolute atomic E-state index is 0.166. The average Bonchev–Trinajstić information content (AvgIpc) is 3.11. The minimum Gasteiger partial charge on any atom is -0.436 e. The van der Waals surface area contributed by atoms with Gasteiger partial charge in [-0.05, 0) is 58.8 Å². The van der Waals surface area contributed by atoms with E-state index in [0.717, 1.165) is 39.9 Å². The van der Waals surface area contributed by atoms with Gasteiger partial charge in [0.15, 0.2) is 0 Å². The Labute approximate surface area is 209 Å². The van der Waals surface area contributed by atoms with E-state index in [1.165, 1.54) is 4.90 Å². The van der Waals surface area contributed by atoms with Crippen LogP contribution in [0.3, 0.4) is 0 Å². The molecule has 1 aliphatic heterocycles. The molecule has 1 aromatic heterocycles. The molecule has 6 nitrogen and oxygen atoms in total. The topological polar surface area (TPSA) is 72.4 Å². The largest absolute Gasteiger partial charge is 0.436 e. The summed E-state index contributed by atoms with van der Waals surface area (Å²) >= 11 is 6.66. The molecule has 174 valence electrons. The van der Waals surface area contributed by atoms with Crippen molar-refractivity contribution in [3.63, 3.8) is 0 Å². The minimum atomic E-state index is -0.785. The zero-order valence-corrected chi connectivity index (χ0v) is 19.9. The van der Waals surface area contributed by atoms with Gasteiger partial charge in [-0.3, -0.25) is 14.5 Å². The van der Waals surface area contributed by atoms with Gasteiger partial charge in [-0.2, -0.15) is 9.37 Å². The van der Waals surface area contributed by atoms with Crippen LogP contribution in [0.5, 0.6) is 11.6 Å². The standard InChI is InChI=1S/C26H17ClFN3O3S/c1-15-6-8-16(9-7-15)14-31-24(32)22(35-26(31)33)12-19-18-5-3-2-4-17(18)10-11-21(19)34-23-20(28)13-29-25(27)30-23/h2-13H,14H2,1H3/b22-12+. The number of fused-ring (bicyclic) bond motifs is 1. The summed E-state index contributed by atoms with van der Waals surface area (Å²) in [5.74, 6) is -1.28. The lowest BCUT2D eigenvalue weighted by Crippen LogP contribution is -2.27. The Morgan fingerprint density at radius 1 is 1.09 bits per heavy atom. The lowest BCUT2D eigenvalue weighted by Gasteiger charge is -2.13. The number of rotatable bonds is 5. The maximum Gasteiger partial charge on any atom is 0.293 e. The number of carbonyl (C=O) groups excluding carboxylic acids is 2. The second-order valence-electron chi connectivity index (χ2n) is 7.85. The number of hydrogen-bond acceptors (Lipinski definition) is 6. The van der Waals surface area contributed by atoms with Gasteiger partial charge in [0, 0.05) is 5.56 Å². The number of thioether (sulfide) groups is 1. The normalized spacial score (nSPS) is 14.8. The highest BCUT2D eigenvalue weighted by atomic mass is 35.5. The van der Waals surface area contributed by atoms with E-state index < -0.39 is 11.7 Å². The number of aromatic nitrogens is 2. The molecule has 5 rings (SSSR count). The summed E-state index contributed by atoms with van der Waals surface area (Å²) in [5, 5.41) is 1.11. The summed E-state index contributed by atoms with van der Waals surface area (Å²) in [4.78, 5) is 34.7. The maximum absolute atomic E-state index is 14.3. The molecule has 0 spiro atoms. The number of nitrogens with zero attached hydrogens (tertiary/aromatic N) is 3. The molecule has 0 unspecified atom stereocenters. The molecule has 0 atom stereocenters. The highest BCUT2D eigenvalue weighted by Gasteiger charge is 2.35. The Morgan fingerprint density at radius 3 is 2.66 bits per heavy atom. The molecule has 0 radical (unpaired) electrons. The number of halogens is 2. The molecule has 0 saturated carbocycles. The van der Waals surface area contributed by atoms with Gasteiger partial charge < -0.3 is 4.74 Å². The van der Waals surface area contributed by atoms with Crippen molar-refractivity contribution in [3.05, 3.63) is 99.6 Å². The van der Waals surface area contributed by atoms with Gasteiger partial charge in [-0.1, -0.05) is 60.2 Å². The molecule has 0 N–H and O–H groups in total. The molecule has 2 amide bonds. The zero-order chi connectivity index (χ0) is 24.5. The lowest BCUT2D eigenvalue weighted by atomic mass is 10.0. The first-order chi connectivity index (χ1) is 16.9. The van der Waals surface area contributed by atoms with Crippen molar-refractivity contribution in [2.24, 2.45) is 0 Å². The molecule has 3 aromatic carbocycles. The fourth-order valence-electron chi connectivity index (χ4n) is 3.66. The van der Waals surface area contributed by atoms with Crippen LogP contribution in [0.25, 0.3) is 16.8 Å². The van der Waals surface area contributed by atoms with Crippen molar-refractivity contribution in [2.45, 2.75) is 13.5 Å². The summed E-state index contributed by atoms with van der Waals surface area (Å²) in [7, 11) is 0. The van der Waals surface area contributed by atoms with Gasteiger partial charge in [0.05, 0.1) is 17.6 Å². The molecule has 1 saturated heterocycles. The van der Waals surface area contributed by atoms with Crippen LogP contribution in [-0.2, 0) is 11.3 Å². The van der Waals surface area contributed by atoms with E-state index in [0.29, 0.717) is 5.56 Å². The van der Waals surface area contributed by atoms with E-state index in [9.17, 15) is 14.0 Å². The summed E-state index contributed by atoms with van der Waals surface area (Å²) in [6.07, 6.45) is 2.51. The Morgan fingerprint density at radius 2 is 1.86 bits per heavy atom. The van der Waals surface area contributed by atoms with Crippen LogP contribution in [0.1, 0.15) is 16.7 Å². The van der Waals surface area contributed by atoms with Crippen LogP contribution in [0.2, 0.25) is 5.28 Å². The number of carbonyl (C=O) groups is 2. The van der Waals surface area contributed by atoms with Crippen LogP contribution >= 0.6 is 23.4 Å². The Balaban J connectivity index is 1.54. The third-order valence-corrected chi connectivity index (χ3v) is 6.52. The summed E-state index contributed by atoms with van der Waals surface area (Å²) in [6, 6.07) is 18.6. The van der Waals surface area contributed by atoms with Crippen LogP contribution in [0.15, 0.2) is 71.8 Å². The smallest absolute Gasteiger partial charge is 0.293 e. The van der Waals surface area contributed by atoms with E-state index in [2.05, 4.69) is 9.97 Å². The molecule has 9 heteroatoms. The number of benzene rings is 3. The molecule has 4 aromatic rings. The Bertz CT molecular complexity index is 1510. The van der Waals surface area contributed by atoms with E-state index in [4.69, 9.17) is 16.3 Å². The Hall–Kier alpha value is -3.75. The summed E-state index contributed by atoms with van der Waals surface area (Å²) in [5.41, 5.74) is 2.45. The van der Waals surface area contributed by atoms with Crippen molar-refractivity contribution in [1.82, 2.24) is 14.9 Å². The summed E-state index contributed by atoms with van der Waals surface area (Å²) < 4.78 is 20.0. The molecule has 35 heavy (non-hydrogen) atoms. The quantitative estimate of drug-likeness (QED) is 0.220. The molecular weight excluding hydrogens is 489 g/mol. The second kappa shape index (κ2) is 9.48. The van der Waals surface area contributed by atoms with Gasteiger partial charge in [0.2, 0.25) is 11.1 Å². The fourth-order valence-corrected chi connectivity index (χ4v) is 4.61. The van der Waals surface area contributed by atoms with Crippen LogP contribution < -0.4 is 4.74 Å². The van der Waals surface area contributed by atoms with Gasteiger partial charge in [-0.15, -0.1) is 0 Å². The Kier molecular flexibility index (Phi) is 6.23. The third kappa shape index (κ3) is 4.76. The van der Waals surface area contributed by atoms with Crippen LogP contribution in [0, 0.1) is 12.7 Å². The van der Waals surface area contributed by atoms with Crippen LogP contribution in [0.4, 0.5) is 9.18 Å². The second-order valence-corrected chi connectivity index (χ2v) is 9.18. The van der Waals surface area contributed by atoms with Crippen molar-refractivity contribution >= 4 is 51.4 Å². The van der Waals surface area contributed by atoms with Gasteiger partial charge >= 0.3 is 0 Å². The first-order valence-corrected chi connectivity index (χ1v) is 11.8. The first-order valence-electron chi connectivity index (χ1n) is 10.6. The molecule has 0 bridgehead atoms. The van der Waals surface area contributed by atoms with Gasteiger partial charge in [-0.25, -0.2) is 4.98 Å². The van der Waals surface area contributed by atoms with Crippen molar-refractivity contribution in [2.75, 3.05) is 0 Å². The highest BCUT2D eigenvalue weighted by Crippen LogP contribution is 2.38. The maximum atomic E-state index is 14.3. The number of aryl methyl sites for hydroxylation is 1. The highest BCUT2D eigenvalue weighted by molar-refractivity contribution is 8.18. The molecule has 2 heterocycles. The lowest BCUT2D eigenvalue weighted by molar-refractivity contribution is -0.123. The molecule has 0 aliphatic carbocycles.